The molecule has 1 fully saturated rings. The van der Waals surface area contributed by atoms with E-state index in [0.29, 0.717) is 31.1 Å². The molecule has 1 saturated heterocycles. The van der Waals surface area contributed by atoms with Gasteiger partial charge in [-0.1, -0.05) is 38.7 Å². The number of nitrogens with zero attached hydrogens (tertiary/aromatic N) is 2. The molecule has 9 heteroatoms. The molecule has 158 valence electrons. The van der Waals surface area contributed by atoms with Gasteiger partial charge in [0.15, 0.2) is 11.4 Å². The second kappa shape index (κ2) is 9.21. The number of anilines is 1. The molecule has 3 rings (SSSR count). The number of amides is 2. The first-order valence-electron chi connectivity index (χ1n) is 9.70. The Morgan fingerprint density at radius 3 is 2.79 bits per heavy atom. The largest absolute Gasteiger partial charge is 0.472 e. The van der Waals surface area contributed by atoms with E-state index in [9.17, 15) is 9.59 Å². The van der Waals surface area contributed by atoms with Crippen LogP contribution in [0.2, 0.25) is 0 Å². The number of thiazole rings is 1. The monoisotopic (exact) mass is 436 g/mol. The topological polar surface area (TPSA) is 83.6 Å². The molecule has 1 aromatic heterocycles. The van der Waals surface area contributed by atoms with Crippen LogP contribution in [0, 0.1) is 11.3 Å². The van der Waals surface area contributed by atoms with Gasteiger partial charge in [-0.15, -0.1) is 11.8 Å². The third-order valence-electron chi connectivity index (χ3n) is 4.85. The van der Waals surface area contributed by atoms with Crippen LogP contribution in [0.25, 0.3) is 0 Å². The van der Waals surface area contributed by atoms with Crippen molar-refractivity contribution in [3.63, 3.8) is 0 Å². The van der Waals surface area contributed by atoms with E-state index in [1.807, 2.05) is 6.20 Å². The van der Waals surface area contributed by atoms with Crippen molar-refractivity contribution in [2.24, 2.45) is 11.3 Å². The van der Waals surface area contributed by atoms with Crippen molar-refractivity contribution in [1.29, 1.82) is 0 Å². The Balaban J connectivity index is 1.42. The summed E-state index contributed by atoms with van der Waals surface area (Å²) in [4.78, 5) is 30.2. The molecule has 0 radical (unpaired) electrons. The SMILES string of the molecule is C=CC(=O)N1CCC(C(=O)Nc2ncc(SCC3NC=C(C(C)(C)C)O3)s2)CC1. The van der Waals surface area contributed by atoms with E-state index in [-0.39, 0.29) is 29.4 Å². The molecule has 2 aliphatic heterocycles. The van der Waals surface area contributed by atoms with Crippen LogP contribution in [0.4, 0.5) is 5.13 Å². The Bertz CT molecular complexity index is 792. The minimum absolute atomic E-state index is 0.0104. The predicted molar refractivity (Wildman–Crippen MR) is 117 cm³/mol. The van der Waals surface area contributed by atoms with Gasteiger partial charge in [0.25, 0.3) is 0 Å². The Kier molecular flexibility index (Phi) is 6.89. The van der Waals surface area contributed by atoms with Crippen molar-refractivity contribution in [3.8, 4) is 0 Å². The fourth-order valence-electron chi connectivity index (χ4n) is 3.11. The van der Waals surface area contributed by atoms with Crippen LogP contribution >= 0.6 is 23.1 Å². The van der Waals surface area contributed by atoms with Gasteiger partial charge >= 0.3 is 0 Å². The van der Waals surface area contributed by atoms with Gasteiger partial charge in [0.05, 0.1) is 16.2 Å². The number of nitrogens with one attached hydrogen (secondary N) is 2. The molecule has 7 nitrogen and oxygen atoms in total. The summed E-state index contributed by atoms with van der Waals surface area (Å²) in [5.41, 5.74) is -0.0104. The van der Waals surface area contributed by atoms with Crippen molar-refractivity contribution < 1.29 is 14.3 Å². The van der Waals surface area contributed by atoms with E-state index < -0.39 is 0 Å². The number of piperidine rings is 1. The smallest absolute Gasteiger partial charge is 0.245 e. The summed E-state index contributed by atoms with van der Waals surface area (Å²) in [6, 6.07) is 0. The summed E-state index contributed by atoms with van der Waals surface area (Å²) in [7, 11) is 0. The van der Waals surface area contributed by atoms with Gasteiger partial charge in [0, 0.05) is 30.6 Å². The maximum Gasteiger partial charge on any atom is 0.245 e. The maximum absolute atomic E-state index is 12.5. The number of rotatable bonds is 6. The molecule has 0 aromatic carbocycles. The van der Waals surface area contributed by atoms with Gasteiger partial charge in [-0.05, 0) is 18.9 Å². The first-order chi connectivity index (χ1) is 13.8. The zero-order chi connectivity index (χ0) is 21.0. The number of carbonyl (C=O) groups excluding carboxylic acids is 2. The zero-order valence-corrected chi connectivity index (χ0v) is 18.7. The molecule has 0 bridgehead atoms. The van der Waals surface area contributed by atoms with Gasteiger partial charge < -0.3 is 20.3 Å². The van der Waals surface area contributed by atoms with Crippen molar-refractivity contribution >= 4 is 40.0 Å². The van der Waals surface area contributed by atoms with Crippen molar-refractivity contribution in [3.05, 3.63) is 30.8 Å². The second-order valence-corrected chi connectivity index (χ2v) is 10.5. The Morgan fingerprint density at radius 2 is 2.17 bits per heavy atom. The number of aromatic nitrogens is 1. The van der Waals surface area contributed by atoms with Crippen LogP contribution in [-0.2, 0) is 14.3 Å². The number of hydrogen-bond acceptors (Lipinski definition) is 7. The fourth-order valence-corrected chi connectivity index (χ4v) is 4.94. The molecule has 0 saturated carbocycles. The van der Waals surface area contributed by atoms with Crippen LogP contribution in [0.1, 0.15) is 33.6 Å². The number of hydrogen-bond donors (Lipinski definition) is 2. The van der Waals surface area contributed by atoms with E-state index in [2.05, 4.69) is 43.0 Å². The van der Waals surface area contributed by atoms with Crippen LogP contribution < -0.4 is 10.6 Å². The second-order valence-electron chi connectivity index (χ2n) is 8.12. The molecule has 3 heterocycles. The number of ether oxygens (including phenoxy) is 1. The Morgan fingerprint density at radius 1 is 1.45 bits per heavy atom. The number of thioether (sulfide) groups is 1. The molecule has 2 N–H and O–H groups in total. The molecule has 29 heavy (non-hydrogen) atoms. The van der Waals surface area contributed by atoms with Crippen LogP contribution in [0.15, 0.2) is 35.0 Å². The summed E-state index contributed by atoms with van der Waals surface area (Å²) >= 11 is 3.12. The quantitative estimate of drug-likeness (QED) is 0.525. The van der Waals surface area contributed by atoms with Crippen LogP contribution in [0.3, 0.4) is 0 Å². The molecule has 1 unspecified atom stereocenters. The molecule has 2 aliphatic rings. The van der Waals surface area contributed by atoms with E-state index in [4.69, 9.17) is 4.74 Å². The first-order valence-corrected chi connectivity index (χ1v) is 11.5. The van der Waals surface area contributed by atoms with Gasteiger partial charge in [0.2, 0.25) is 11.8 Å². The minimum atomic E-state index is -0.0955. The lowest BCUT2D eigenvalue weighted by Gasteiger charge is -2.30. The fraction of sp³-hybridized carbons (Fsp3) is 0.550. The molecule has 0 spiro atoms. The highest BCUT2D eigenvalue weighted by molar-refractivity contribution is 8.01. The summed E-state index contributed by atoms with van der Waals surface area (Å²) in [5, 5.41) is 6.78. The molecule has 2 amide bonds. The van der Waals surface area contributed by atoms with Gasteiger partial charge in [-0.25, -0.2) is 4.98 Å². The van der Waals surface area contributed by atoms with Gasteiger partial charge in [-0.3, -0.25) is 9.59 Å². The average Bonchev–Trinajstić information content (AvgIpc) is 3.35. The van der Waals surface area contributed by atoms with Crippen molar-refractivity contribution in [2.75, 3.05) is 24.2 Å². The van der Waals surface area contributed by atoms with Crippen LogP contribution in [-0.4, -0.2) is 46.8 Å². The lowest BCUT2D eigenvalue weighted by Crippen LogP contribution is -2.40. The van der Waals surface area contributed by atoms with E-state index >= 15 is 0 Å². The number of likely N-dealkylation sites (tertiary alicyclic amines) is 1. The highest BCUT2D eigenvalue weighted by atomic mass is 32.2. The third kappa shape index (κ3) is 5.76. The zero-order valence-electron chi connectivity index (χ0n) is 17.1. The normalized spacial score (nSPS) is 19.9. The minimum Gasteiger partial charge on any atom is -0.472 e. The highest BCUT2D eigenvalue weighted by Gasteiger charge is 2.28. The lowest BCUT2D eigenvalue weighted by atomic mass is 9.95. The Labute approximate surface area is 180 Å². The molecule has 1 atom stereocenters. The highest BCUT2D eigenvalue weighted by Crippen LogP contribution is 2.33. The van der Waals surface area contributed by atoms with Crippen LogP contribution in [0.5, 0.6) is 0 Å². The van der Waals surface area contributed by atoms with E-state index in [0.717, 1.165) is 15.7 Å². The van der Waals surface area contributed by atoms with Gasteiger partial charge in [0.1, 0.15) is 5.76 Å². The standard InChI is InChI=1S/C20H28N4O3S2/c1-5-16(25)24-8-6-13(7-9-24)18(26)23-19-22-11-17(29-19)28-12-15-21-10-14(27-15)20(2,3)4/h5,10-11,13,15,21H,1,6-9,12H2,2-4H3,(H,22,23,26). The molecular weight excluding hydrogens is 408 g/mol. The number of carbonyl (C=O) groups is 2. The third-order valence-corrected chi connectivity index (χ3v) is 7.02. The predicted octanol–water partition coefficient (Wildman–Crippen LogP) is 3.43. The summed E-state index contributed by atoms with van der Waals surface area (Å²) in [5.74, 6) is 1.52. The maximum atomic E-state index is 12.5. The van der Waals surface area contributed by atoms with Crippen molar-refractivity contribution in [2.45, 2.75) is 44.0 Å². The average molecular weight is 437 g/mol. The molecule has 0 aliphatic carbocycles. The molecule has 1 aromatic rings. The summed E-state index contributed by atoms with van der Waals surface area (Å²) < 4.78 is 6.97. The summed E-state index contributed by atoms with van der Waals surface area (Å²) in [6.45, 7) is 11.0. The summed E-state index contributed by atoms with van der Waals surface area (Å²) in [6.07, 6.45) is 6.30. The first kappa shape index (κ1) is 21.7. The van der Waals surface area contributed by atoms with Gasteiger partial charge in [-0.2, -0.15) is 0 Å². The van der Waals surface area contributed by atoms with E-state index in [1.165, 1.54) is 17.4 Å². The number of allylic oxidation sites excluding steroid dienone is 1. The Hall–Kier alpha value is -2.00. The van der Waals surface area contributed by atoms with Crippen molar-refractivity contribution in [1.82, 2.24) is 15.2 Å². The molecular formula is C20H28N4O3S2. The lowest BCUT2D eigenvalue weighted by molar-refractivity contribution is -0.130. The van der Waals surface area contributed by atoms with E-state index in [1.54, 1.807) is 22.9 Å².